The highest BCUT2D eigenvalue weighted by atomic mass is 35.5. The average Bonchev–Trinajstić information content (AvgIpc) is 3.12. The Bertz CT molecular complexity index is 1130. The molecular formula is C21H21ClF4N4O3. The minimum atomic E-state index is -3.96. The number of aliphatic hydroxyl groups excluding tert-OH is 1. The van der Waals surface area contributed by atoms with E-state index in [9.17, 15) is 32.6 Å². The minimum Gasteiger partial charge on any atom is -0.507 e. The number of nitrogens with zero attached hydrogens (tertiary/aromatic N) is 3. The fourth-order valence-electron chi connectivity index (χ4n) is 2.58. The van der Waals surface area contributed by atoms with E-state index in [0.717, 1.165) is 19.1 Å². The lowest BCUT2D eigenvalue weighted by Crippen LogP contribution is -2.14. The van der Waals surface area contributed by atoms with Crippen molar-refractivity contribution in [3.05, 3.63) is 58.5 Å². The molecule has 0 aliphatic rings. The number of hydrogen-bond acceptors (Lipinski definition) is 5. The normalized spacial score (nSPS) is 11.1. The van der Waals surface area contributed by atoms with Gasteiger partial charge in [0, 0.05) is 31.4 Å². The van der Waals surface area contributed by atoms with Crippen molar-refractivity contribution in [3.63, 3.8) is 0 Å². The number of aliphatic hydroxyl groups is 1. The number of rotatable bonds is 4. The standard InChI is InChI=1S/C18H16ClFN4O3.C3H5F3/c1-9-3-4-21-17(19)16(9)23-18(27)11-5-12(20)10(6-14(11)26)13-7-24(2)15(8-25)22-13;1-2-3(4,5)6/h3-7,25-26H,8H2,1-2H3,(H,23,27);2H2,1H3. The number of imidazole rings is 1. The van der Waals surface area contributed by atoms with E-state index in [1.165, 1.54) is 12.4 Å². The predicted octanol–water partition coefficient (Wildman–Crippen LogP) is 4.99. The van der Waals surface area contributed by atoms with Crippen LogP contribution in [0.25, 0.3) is 11.3 Å². The van der Waals surface area contributed by atoms with Gasteiger partial charge in [0.05, 0.1) is 16.9 Å². The van der Waals surface area contributed by atoms with E-state index in [2.05, 4.69) is 15.3 Å². The van der Waals surface area contributed by atoms with Crippen LogP contribution in [0.15, 0.2) is 30.6 Å². The summed E-state index contributed by atoms with van der Waals surface area (Å²) in [6, 6.07) is 3.70. The van der Waals surface area contributed by atoms with Crippen LogP contribution in [0.4, 0.5) is 23.2 Å². The number of phenolic OH excluding ortho intramolecular Hbond substituents is 1. The molecule has 178 valence electrons. The van der Waals surface area contributed by atoms with Crippen LogP contribution < -0.4 is 5.32 Å². The van der Waals surface area contributed by atoms with E-state index < -0.39 is 30.1 Å². The van der Waals surface area contributed by atoms with Crippen LogP contribution in [0.1, 0.15) is 35.1 Å². The van der Waals surface area contributed by atoms with Gasteiger partial charge in [0.1, 0.15) is 24.0 Å². The maximum Gasteiger partial charge on any atom is 0.388 e. The number of aryl methyl sites for hydroxylation is 2. The van der Waals surface area contributed by atoms with Crippen molar-refractivity contribution in [2.45, 2.75) is 33.1 Å². The first-order chi connectivity index (χ1) is 15.4. The van der Waals surface area contributed by atoms with Crippen molar-refractivity contribution in [2.75, 3.05) is 5.32 Å². The van der Waals surface area contributed by atoms with Crippen LogP contribution in [0, 0.1) is 12.7 Å². The van der Waals surface area contributed by atoms with E-state index in [-0.39, 0.29) is 34.3 Å². The lowest BCUT2D eigenvalue weighted by Gasteiger charge is -2.11. The summed E-state index contributed by atoms with van der Waals surface area (Å²) in [5.41, 5.74) is 0.937. The first-order valence-electron chi connectivity index (χ1n) is 9.53. The highest BCUT2D eigenvalue weighted by Crippen LogP contribution is 2.31. The van der Waals surface area contributed by atoms with Gasteiger partial charge in [0.2, 0.25) is 0 Å². The van der Waals surface area contributed by atoms with Crippen LogP contribution >= 0.6 is 11.6 Å². The molecule has 1 amide bonds. The molecule has 12 heteroatoms. The fraction of sp³-hybridized carbons (Fsp3) is 0.286. The molecule has 0 atom stereocenters. The van der Waals surface area contributed by atoms with Crippen molar-refractivity contribution in [1.29, 1.82) is 0 Å². The maximum absolute atomic E-state index is 14.6. The van der Waals surface area contributed by atoms with E-state index in [0.29, 0.717) is 11.4 Å². The first kappa shape index (κ1) is 26.1. The number of phenols is 1. The molecule has 0 saturated heterocycles. The van der Waals surface area contributed by atoms with Gasteiger partial charge < -0.3 is 20.1 Å². The van der Waals surface area contributed by atoms with Crippen LogP contribution in [0.2, 0.25) is 5.15 Å². The summed E-state index contributed by atoms with van der Waals surface area (Å²) < 4.78 is 48.5. The highest BCUT2D eigenvalue weighted by Gasteiger charge is 2.22. The highest BCUT2D eigenvalue weighted by molar-refractivity contribution is 6.33. The molecule has 0 radical (unpaired) electrons. The van der Waals surface area contributed by atoms with Gasteiger partial charge >= 0.3 is 6.18 Å². The van der Waals surface area contributed by atoms with Crippen LogP contribution in [0.5, 0.6) is 5.75 Å². The van der Waals surface area contributed by atoms with Gasteiger partial charge in [-0.2, -0.15) is 13.2 Å². The monoisotopic (exact) mass is 488 g/mol. The lowest BCUT2D eigenvalue weighted by molar-refractivity contribution is -0.130. The van der Waals surface area contributed by atoms with Gasteiger partial charge in [0.15, 0.2) is 5.15 Å². The summed E-state index contributed by atoms with van der Waals surface area (Å²) in [6.07, 6.45) is -1.68. The Labute approximate surface area is 191 Å². The molecule has 3 N–H and O–H groups in total. The number of pyridine rings is 1. The second kappa shape index (κ2) is 10.6. The Morgan fingerprint density at radius 2 is 1.94 bits per heavy atom. The van der Waals surface area contributed by atoms with E-state index >= 15 is 0 Å². The fourth-order valence-corrected chi connectivity index (χ4v) is 2.83. The number of carbonyl (C=O) groups is 1. The average molecular weight is 489 g/mol. The number of aromatic hydroxyl groups is 1. The van der Waals surface area contributed by atoms with Gasteiger partial charge in [-0.1, -0.05) is 18.5 Å². The van der Waals surface area contributed by atoms with E-state index in [1.54, 1.807) is 24.6 Å². The largest absolute Gasteiger partial charge is 0.507 e. The van der Waals surface area contributed by atoms with Crippen LogP contribution in [0.3, 0.4) is 0 Å². The molecular weight excluding hydrogens is 468 g/mol. The van der Waals surface area contributed by atoms with E-state index in [4.69, 9.17) is 11.6 Å². The van der Waals surface area contributed by atoms with Crippen molar-refractivity contribution in [2.24, 2.45) is 7.05 Å². The number of hydrogen-bond donors (Lipinski definition) is 3. The molecule has 3 rings (SSSR count). The molecule has 33 heavy (non-hydrogen) atoms. The third-order valence-corrected chi connectivity index (χ3v) is 4.76. The van der Waals surface area contributed by atoms with Gasteiger partial charge in [-0.3, -0.25) is 4.79 Å². The predicted molar refractivity (Wildman–Crippen MR) is 114 cm³/mol. The number of aromatic nitrogens is 3. The number of alkyl halides is 3. The number of halogens is 5. The molecule has 0 aliphatic heterocycles. The summed E-state index contributed by atoms with van der Waals surface area (Å²) >= 11 is 5.97. The third kappa shape index (κ3) is 6.65. The third-order valence-electron chi connectivity index (χ3n) is 4.47. The quantitative estimate of drug-likeness (QED) is 0.355. The number of amides is 1. The molecule has 3 aromatic rings. The lowest BCUT2D eigenvalue weighted by atomic mass is 10.1. The SMILES string of the molecule is CCC(F)(F)F.Cc1ccnc(Cl)c1NC(=O)c1cc(F)c(-c2cn(C)c(CO)n2)cc1O. The second-order valence-electron chi connectivity index (χ2n) is 6.88. The Balaban J connectivity index is 0.000000569. The number of nitrogens with one attached hydrogen (secondary N) is 1. The zero-order chi connectivity index (χ0) is 24.9. The van der Waals surface area contributed by atoms with Gasteiger partial charge in [-0.15, -0.1) is 0 Å². The van der Waals surface area contributed by atoms with Crippen molar-refractivity contribution < 1.29 is 32.6 Å². The minimum absolute atomic E-state index is 0.00920. The molecule has 1 aromatic carbocycles. The summed E-state index contributed by atoms with van der Waals surface area (Å²) in [6.45, 7) is 2.50. The smallest absolute Gasteiger partial charge is 0.388 e. The van der Waals surface area contributed by atoms with Crippen LogP contribution in [-0.4, -0.2) is 36.8 Å². The van der Waals surface area contributed by atoms with Gasteiger partial charge in [-0.25, -0.2) is 14.4 Å². The molecule has 0 saturated carbocycles. The Hall–Kier alpha value is -3.18. The number of benzene rings is 1. The zero-order valence-electron chi connectivity index (χ0n) is 17.8. The van der Waals surface area contributed by atoms with Crippen molar-refractivity contribution >= 4 is 23.2 Å². The summed E-state index contributed by atoms with van der Waals surface area (Å²) in [4.78, 5) is 20.5. The first-order valence-corrected chi connectivity index (χ1v) is 9.90. The topological polar surface area (TPSA) is 100 Å². The van der Waals surface area contributed by atoms with Gasteiger partial charge in [-0.05, 0) is 30.7 Å². The number of carbonyl (C=O) groups excluding carboxylic acids is 1. The van der Waals surface area contributed by atoms with Crippen molar-refractivity contribution in [1.82, 2.24) is 14.5 Å². The van der Waals surface area contributed by atoms with Crippen LogP contribution in [-0.2, 0) is 13.7 Å². The molecule has 0 fully saturated rings. The maximum atomic E-state index is 14.6. The van der Waals surface area contributed by atoms with Gasteiger partial charge in [0.25, 0.3) is 5.91 Å². The summed E-state index contributed by atoms with van der Waals surface area (Å²) in [7, 11) is 1.65. The zero-order valence-corrected chi connectivity index (χ0v) is 18.6. The molecule has 0 aliphatic carbocycles. The molecule has 0 spiro atoms. The molecule has 2 heterocycles. The summed E-state index contributed by atoms with van der Waals surface area (Å²) in [5.74, 6) is -1.55. The molecule has 0 bridgehead atoms. The molecule has 7 nitrogen and oxygen atoms in total. The number of anilines is 1. The Morgan fingerprint density at radius 3 is 2.45 bits per heavy atom. The summed E-state index contributed by atoms with van der Waals surface area (Å²) in [5, 5.41) is 22.1. The van der Waals surface area contributed by atoms with Crippen molar-refractivity contribution in [3.8, 4) is 17.0 Å². The Kier molecular flexibility index (Phi) is 8.39. The van der Waals surface area contributed by atoms with E-state index in [1.807, 2.05) is 0 Å². The second-order valence-corrected chi connectivity index (χ2v) is 7.24. The Morgan fingerprint density at radius 1 is 1.30 bits per heavy atom. The molecule has 0 unspecified atom stereocenters. The molecule has 2 aromatic heterocycles.